The molecule has 0 heterocycles. The van der Waals surface area contributed by atoms with Crippen LogP contribution in [0.25, 0.3) is 0 Å². The van der Waals surface area contributed by atoms with Crippen LogP contribution in [-0.4, -0.2) is 53.4 Å². The molecule has 200 valence electrons. The van der Waals surface area contributed by atoms with Crippen LogP contribution in [0, 0.1) is 6.92 Å². The SMILES string of the molecule is CCOc1ccc(N(CC(=O)N/N=C\c2ccc(OCC(=O)OC)cc2)S(=O)(=O)c2ccc(C)cc2)cc1. The molecule has 11 heteroatoms. The van der Waals surface area contributed by atoms with Gasteiger partial charge in [-0.1, -0.05) is 17.7 Å². The summed E-state index contributed by atoms with van der Waals surface area (Å²) in [6.07, 6.45) is 1.40. The number of hydrazone groups is 1. The maximum atomic E-state index is 13.5. The van der Waals surface area contributed by atoms with Crippen molar-refractivity contribution in [3.8, 4) is 11.5 Å². The van der Waals surface area contributed by atoms with Crippen LogP contribution in [0.2, 0.25) is 0 Å². The van der Waals surface area contributed by atoms with Crippen molar-refractivity contribution in [2.24, 2.45) is 5.10 Å². The number of carbonyl (C=O) groups is 2. The lowest BCUT2D eigenvalue weighted by Gasteiger charge is -2.24. The first-order valence-electron chi connectivity index (χ1n) is 11.7. The Morgan fingerprint density at radius 3 is 2.13 bits per heavy atom. The summed E-state index contributed by atoms with van der Waals surface area (Å²) in [6.45, 7) is 3.46. The van der Waals surface area contributed by atoms with Crippen molar-refractivity contribution in [3.05, 3.63) is 83.9 Å². The van der Waals surface area contributed by atoms with E-state index in [0.717, 1.165) is 9.87 Å². The monoisotopic (exact) mass is 539 g/mol. The zero-order valence-electron chi connectivity index (χ0n) is 21.3. The van der Waals surface area contributed by atoms with E-state index in [4.69, 9.17) is 9.47 Å². The first-order valence-corrected chi connectivity index (χ1v) is 13.1. The predicted octanol–water partition coefficient (Wildman–Crippen LogP) is 3.29. The average Bonchev–Trinajstić information content (AvgIpc) is 2.92. The molecule has 3 aromatic rings. The maximum Gasteiger partial charge on any atom is 0.343 e. The van der Waals surface area contributed by atoms with Gasteiger partial charge >= 0.3 is 5.97 Å². The second-order valence-corrected chi connectivity index (χ2v) is 9.84. The first-order chi connectivity index (χ1) is 18.2. The number of esters is 1. The summed E-state index contributed by atoms with van der Waals surface area (Å²) >= 11 is 0. The number of rotatable bonds is 12. The Kier molecular flexibility index (Phi) is 9.83. The number of sulfonamides is 1. The Morgan fingerprint density at radius 1 is 0.921 bits per heavy atom. The Labute approximate surface area is 221 Å². The molecule has 0 spiro atoms. The van der Waals surface area contributed by atoms with Crippen LogP contribution in [0.5, 0.6) is 11.5 Å². The van der Waals surface area contributed by atoms with Gasteiger partial charge in [-0.25, -0.2) is 18.6 Å². The highest BCUT2D eigenvalue weighted by atomic mass is 32.2. The smallest absolute Gasteiger partial charge is 0.343 e. The van der Waals surface area contributed by atoms with Crippen LogP contribution in [0.4, 0.5) is 5.69 Å². The van der Waals surface area contributed by atoms with Crippen LogP contribution in [0.1, 0.15) is 18.1 Å². The van der Waals surface area contributed by atoms with Crippen molar-refractivity contribution in [2.75, 3.05) is 31.2 Å². The quantitative estimate of drug-likeness (QED) is 0.213. The molecule has 0 fully saturated rings. The Morgan fingerprint density at radius 2 is 1.53 bits per heavy atom. The van der Waals surface area contributed by atoms with Crippen molar-refractivity contribution >= 4 is 33.8 Å². The lowest BCUT2D eigenvalue weighted by molar-refractivity contribution is -0.142. The summed E-state index contributed by atoms with van der Waals surface area (Å²) in [5.41, 5.74) is 4.22. The van der Waals surface area contributed by atoms with Crippen LogP contribution < -0.4 is 19.2 Å². The summed E-state index contributed by atoms with van der Waals surface area (Å²) < 4.78 is 43.2. The Hall–Kier alpha value is -4.38. The van der Waals surface area contributed by atoms with Gasteiger partial charge in [-0.3, -0.25) is 9.10 Å². The van der Waals surface area contributed by atoms with Crippen molar-refractivity contribution in [2.45, 2.75) is 18.7 Å². The zero-order valence-corrected chi connectivity index (χ0v) is 22.1. The number of anilines is 1. The van der Waals surface area contributed by atoms with E-state index in [1.54, 1.807) is 60.7 Å². The molecular weight excluding hydrogens is 510 g/mol. The number of methoxy groups -OCH3 is 1. The zero-order chi connectivity index (χ0) is 27.5. The summed E-state index contributed by atoms with van der Waals surface area (Å²) in [6, 6.07) is 19.5. The fraction of sp³-hybridized carbons (Fsp3) is 0.222. The number of carbonyl (C=O) groups excluding carboxylic acids is 2. The summed E-state index contributed by atoms with van der Waals surface area (Å²) in [5, 5.41) is 3.93. The van der Waals surface area contributed by atoms with E-state index in [1.807, 2.05) is 13.8 Å². The molecule has 0 saturated carbocycles. The van der Waals surface area contributed by atoms with Gasteiger partial charge in [0.15, 0.2) is 6.61 Å². The van der Waals surface area contributed by atoms with E-state index in [-0.39, 0.29) is 11.5 Å². The van der Waals surface area contributed by atoms with E-state index in [0.29, 0.717) is 29.4 Å². The normalized spacial score (nSPS) is 11.1. The molecule has 0 aliphatic carbocycles. The number of ether oxygens (including phenoxy) is 3. The van der Waals surface area contributed by atoms with Crippen LogP contribution in [0.15, 0.2) is 82.8 Å². The van der Waals surface area contributed by atoms with Crippen LogP contribution >= 0.6 is 0 Å². The highest BCUT2D eigenvalue weighted by molar-refractivity contribution is 7.92. The molecule has 1 N–H and O–H groups in total. The fourth-order valence-electron chi connectivity index (χ4n) is 3.22. The molecule has 0 aliphatic heterocycles. The fourth-order valence-corrected chi connectivity index (χ4v) is 4.64. The lowest BCUT2D eigenvalue weighted by Crippen LogP contribution is -2.39. The minimum atomic E-state index is -4.05. The van der Waals surface area contributed by atoms with Gasteiger partial charge in [0.25, 0.3) is 15.9 Å². The van der Waals surface area contributed by atoms with Gasteiger partial charge < -0.3 is 14.2 Å². The number of hydrogen-bond donors (Lipinski definition) is 1. The molecule has 0 unspecified atom stereocenters. The number of nitrogens with zero attached hydrogens (tertiary/aromatic N) is 2. The molecule has 38 heavy (non-hydrogen) atoms. The van der Waals surface area contributed by atoms with E-state index >= 15 is 0 Å². The first kappa shape index (κ1) is 28.2. The van der Waals surface area contributed by atoms with E-state index in [2.05, 4.69) is 15.3 Å². The minimum absolute atomic E-state index is 0.0581. The third-order valence-corrected chi connectivity index (χ3v) is 6.99. The van der Waals surface area contributed by atoms with Gasteiger partial charge in [-0.15, -0.1) is 0 Å². The van der Waals surface area contributed by atoms with Gasteiger partial charge in [0.05, 0.1) is 30.5 Å². The molecule has 3 rings (SSSR count). The number of benzene rings is 3. The number of hydrogen-bond acceptors (Lipinski definition) is 8. The van der Waals surface area contributed by atoms with Crippen LogP contribution in [-0.2, 0) is 24.3 Å². The third kappa shape index (κ3) is 7.81. The number of aryl methyl sites for hydroxylation is 1. The molecule has 10 nitrogen and oxygen atoms in total. The molecule has 0 aliphatic rings. The van der Waals surface area contributed by atoms with E-state index in [9.17, 15) is 18.0 Å². The molecule has 3 aromatic carbocycles. The molecule has 0 saturated heterocycles. The standard InChI is InChI=1S/C27H29N3O7S/c1-4-36-23-13-9-22(10-14-23)30(38(33,34)25-15-5-20(2)6-16-25)18-26(31)29-28-17-21-7-11-24(12-8-21)37-19-27(32)35-3/h5-17H,4,18-19H2,1-3H3,(H,29,31)/b28-17-. The van der Waals surface area contributed by atoms with Crippen molar-refractivity contribution < 1.29 is 32.2 Å². The van der Waals surface area contributed by atoms with Crippen LogP contribution in [0.3, 0.4) is 0 Å². The molecule has 0 radical (unpaired) electrons. The number of nitrogens with one attached hydrogen (secondary N) is 1. The molecule has 1 amide bonds. The average molecular weight is 540 g/mol. The second-order valence-electron chi connectivity index (χ2n) is 7.98. The van der Waals surface area contributed by atoms with E-state index in [1.165, 1.54) is 25.5 Å². The van der Waals surface area contributed by atoms with Gasteiger partial charge in [0.1, 0.15) is 18.0 Å². The third-order valence-electron chi connectivity index (χ3n) is 5.20. The van der Waals surface area contributed by atoms with Crippen molar-refractivity contribution in [1.82, 2.24) is 5.43 Å². The molecular formula is C27H29N3O7S. The Bertz CT molecular complexity index is 1360. The summed E-state index contributed by atoms with van der Waals surface area (Å²) in [5.74, 6) is -0.0885. The van der Waals surface area contributed by atoms with Gasteiger partial charge in [0, 0.05) is 0 Å². The maximum absolute atomic E-state index is 13.5. The number of amides is 1. The lowest BCUT2D eigenvalue weighted by atomic mass is 10.2. The predicted molar refractivity (Wildman–Crippen MR) is 143 cm³/mol. The van der Waals surface area contributed by atoms with E-state index < -0.39 is 28.4 Å². The molecule has 0 atom stereocenters. The minimum Gasteiger partial charge on any atom is -0.494 e. The highest BCUT2D eigenvalue weighted by Crippen LogP contribution is 2.26. The largest absolute Gasteiger partial charge is 0.494 e. The van der Waals surface area contributed by atoms with Gasteiger partial charge in [-0.05, 0) is 80.1 Å². The summed E-state index contributed by atoms with van der Waals surface area (Å²) in [7, 11) is -2.78. The van der Waals surface area contributed by atoms with Gasteiger partial charge in [-0.2, -0.15) is 5.10 Å². The summed E-state index contributed by atoms with van der Waals surface area (Å²) in [4.78, 5) is 24.0. The topological polar surface area (TPSA) is 124 Å². The van der Waals surface area contributed by atoms with Crippen molar-refractivity contribution in [1.29, 1.82) is 0 Å². The van der Waals surface area contributed by atoms with Crippen molar-refractivity contribution in [3.63, 3.8) is 0 Å². The van der Waals surface area contributed by atoms with Gasteiger partial charge in [0.2, 0.25) is 0 Å². The Balaban J connectivity index is 1.72. The second kappa shape index (κ2) is 13.2. The highest BCUT2D eigenvalue weighted by Gasteiger charge is 2.27. The molecule has 0 bridgehead atoms. The molecule has 0 aromatic heterocycles.